The van der Waals surface area contributed by atoms with E-state index in [9.17, 15) is 9.59 Å². The number of thiocarbonyl (C=S) groups is 1. The molecule has 1 unspecified atom stereocenters. The molecule has 0 aromatic heterocycles. The summed E-state index contributed by atoms with van der Waals surface area (Å²) >= 11 is 5.51. The Morgan fingerprint density at radius 3 is 2.68 bits per heavy atom. The molecule has 2 aliphatic rings. The van der Waals surface area contributed by atoms with Crippen LogP contribution in [0.5, 0.6) is 0 Å². The van der Waals surface area contributed by atoms with Gasteiger partial charge in [-0.05, 0) is 70.5 Å². The first kappa shape index (κ1) is 20.3. The van der Waals surface area contributed by atoms with Crippen molar-refractivity contribution < 1.29 is 14.3 Å². The Labute approximate surface area is 171 Å². The van der Waals surface area contributed by atoms with Crippen molar-refractivity contribution in [3.63, 3.8) is 0 Å². The number of anilines is 1. The minimum absolute atomic E-state index is 0.0487. The zero-order chi connectivity index (χ0) is 20.4. The summed E-state index contributed by atoms with van der Waals surface area (Å²) in [6.07, 6.45) is 1.68. The molecule has 6 nitrogen and oxygen atoms in total. The zero-order valence-electron chi connectivity index (χ0n) is 16.7. The van der Waals surface area contributed by atoms with E-state index in [-0.39, 0.29) is 23.9 Å². The molecule has 2 N–H and O–H groups in total. The van der Waals surface area contributed by atoms with Crippen LogP contribution >= 0.6 is 12.2 Å². The van der Waals surface area contributed by atoms with Crippen molar-refractivity contribution in [1.82, 2.24) is 10.2 Å². The molecule has 1 aliphatic heterocycles. The maximum Gasteiger partial charge on any atom is 0.338 e. The molecule has 3 rings (SSSR count). The Bertz CT molecular complexity index is 830. The summed E-state index contributed by atoms with van der Waals surface area (Å²) in [7, 11) is 0. The van der Waals surface area contributed by atoms with Crippen molar-refractivity contribution in [1.29, 1.82) is 0 Å². The summed E-state index contributed by atoms with van der Waals surface area (Å²) in [4.78, 5) is 26.9. The van der Waals surface area contributed by atoms with Gasteiger partial charge in [-0.25, -0.2) is 4.79 Å². The van der Waals surface area contributed by atoms with E-state index < -0.39 is 6.04 Å². The SMILES string of the molecule is CCN1C(=S)NC(c2cccc(NC(=O)C3CC3)c2)C(C(=O)OC(C)C)=C1C. The van der Waals surface area contributed by atoms with Crippen molar-refractivity contribution in [3.8, 4) is 0 Å². The molecule has 0 radical (unpaired) electrons. The average molecular weight is 402 g/mol. The molecule has 1 aromatic carbocycles. The van der Waals surface area contributed by atoms with Crippen molar-refractivity contribution in [3.05, 3.63) is 41.1 Å². The fourth-order valence-corrected chi connectivity index (χ4v) is 3.72. The van der Waals surface area contributed by atoms with Gasteiger partial charge in [0.15, 0.2) is 5.11 Å². The van der Waals surface area contributed by atoms with Crippen LogP contribution in [-0.2, 0) is 14.3 Å². The molecule has 1 aromatic rings. The van der Waals surface area contributed by atoms with Crippen LogP contribution in [0.2, 0.25) is 0 Å². The molecule has 150 valence electrons. The van der Waals surface area contributed by atoms with Gasteiger partial charge in [0.25, 0.3) is 0 Å². The fourth-order valence-electron chi connectivity index (χ4n) is 3.34. The number of carbonyl (C=O) groups is 2. The normalized spacial score (nSPS) is 19.5. The maximum absolute atomic E-state index is 12.9. The minimum atomic E-state index is -0.431. The number of esters is 1. The Morgan fingerprint density at radius 1 is 1.36 bits per heavy atom. The first-order valence-electron chi connectivity index (χ1n) is 9.72. The van der Waals surface area contributed by atoms with Gasteiger partial charge in [-0.1, -0.05) is 12.1 Å². The van der Waals surface area contributed by atoms with Gasteiger partial charge in [-0.15, -0.1) is 0 Å². The third-order valence-electron chi connectivity index (χ3n) is 4.91. The van der Waals surface area contributed by atoms with Gasteiger partial charge < -0.3 is 20.3 Å². The lowest BCUT2D eigenvalue weighted by Gasteiger charge is -2.37. The quantitative estimate of drug-likeness (QED) is 0.562. The molecule has 1 aliphatic carbocycles. The van der Waals surface area contributed by atoms with Gasteiger partial charge in [0.05, 0.1) is 17.7 Å². The summed E-state index contributed by atoms with van der Waals surface area (Å²) < 4.78 is 5.50. The van der Waals surface area contributed by atoms with Gasteiger partial charge in [0, 0.05) is 23.8 Å². The van der Waals surface area contributed by atoms with Crippen LogP contribution in [0.3, 0.4) is 0 Å². The molecule has 7 heteroatoms. The highest BCUT2D eigenvalue weighted by Gasteiger charge is 2.35. The van der Waals surface area contributed by atoms with E-state index in [1.54, 1.807) is 0 Å². The van der Waals surface area contributed by atoms with Crippen LogP contribution in [0.1, 0.15) is 52.1 Å². The smallest absolute Gasteiger partial charge is 0.338 e. The predicted octanol–water partition coefficient (Wildman–Crippen LogP) is 3.51. The zero-order valence-corrected chi connectivity index (χ0v) is 17.6. The Balaban J connectivity index is 1.95. The summed E-state index contributed by atoms with van der Waals surface area (Å²) in [6, 6.07) is 7.10. The van der Waals surface area contributed by atoms with Crippen molar-refractivity contribution >= 4 is 34.9 Å². The molecule has 1 amide bonds. The van der Waals surface area contributed by atoms with E-state index in [4.69, 9.17) is 17.0 Å². The van der Waals surface area contributed by atoms with Crippen molar-refractivity contribution in [2.75, 3.05) is 11.9 Å². The first-order valence-corrected chi connectivity index (χ1v) is 10.1. The van der Waals surface area contributed by atoms with Crippen LogP contribution in [0.15, 0.2) is 35.5 Å². The Hall–Kier alpha value is -2.41. The number of nitrogens with one attached hydrogen (secondary N) is 2. The molecule has 1 heterocycles. The molecule has 1 atom stereocenters. The second kappa shape index (κ2) is 8.31. The molecule has 28 heavy (non-hydrogen) atoms. The molecule has 0 bridgehead atoms. The first-order chi connectivity index (χ1) is 13.3. The van der Waals surface area contributed by atoms with Gasteiger partial charge in [0.1, 0.15) is 0 Å². The predicted molar refractivity (Wildman–Crippen MR) is 113 cm³/mol. The molecule has 0 saturated heterocycles. The number of allylic oxidation sites excluding steroid dienone is 1. The highest BCUT2D eigenvalue weighted by molar-refractivity contribution is 7.80. The number of hydrogen-bond donors (Lipinski definition) is 2. The Morgan fingerprint density at radius 2 is 2.07 bits per heavy atom. The molecule has 1 saturated carbocycles. The molecule has 1 fully saturated rings. The number of hydrogen-bond acceptors (Lipinski definition) is 4. The monoisotopic (exact) mass is 401 g/mol. The molecule has 0 spiro atoms. The highest BCUT2D eigenvalue weighted by atomic mass is 32.1. The topological polar surface area (TPSA) is 70.7 Å². The Kier molecular flexibility index (Phi) is 6.03. The summed E-state index contributed by atoms with van der Waals surface area (Å²) in [5, 5.41) is 6.80. The van der Waals surface area contributed by atoms with Crippen LogP contribution in [0, 0.1) is 5.92 Å². The lowest BCUT2D eigenvalue weighted by atomic mass is 9.94. The third kappa shape index (κ3) is 4.35. The van der Waals surface area contributed by atoms with E-state index in [2.05, 4.69) is 10.6 Å². The second-order valence-corrected chi connectivity index (χ2v) is 7.86. The maximum atomic E-state index is 12.9. The third-order valence-corrected chi connectivity index (χ3v) is 5.25. The minimum Gasteiger partial charge on any atom is -0.459 e. The lowest BCUT2D eigenvalue weighted by Crippen LogP contribution is -2.47. The summed E-state index contributed by atoms with van der Waals surface area (Å²) in [6.45, 7) is 8.18. The number of benzene rings is 1. The van der Waals surface area contributed by atoms with Gasteiger partial charge >= 0.3 is 5.97 Å². The van der Waals surface area contributed by atoms with Crippen LogP contribution in [0.4, 0.5) is 5.69 Å². The fraction of sp³-hybridized carbons (Fsp3) is 0.476. The highest BCUT2D eigenvalue weighted by Crippen LogP contribution is 2.34. The van der Waals surface area contributed by atoms with E-state index >= 15 is 0 Å². The van der Waals surface area contributed by atoms with E-state index in [1.165, 1.54) is 0 Å². The molecular formula is C21H27N3O3S. The van der Waals surface area contributed by atoms with E-state index in [0.29, 0.717) is 22.9 Å². The van der Waals surface area contributed by atoms with Gasteiger partial charge in [-0.3, -0.25) is 4.79 Å². The number of carbonyl (C=O) groups excluding carboxylic acids is 2. The summed E-state index contributed by atoms with van der Waals surface area (Å²) in [5.74, 6) is -0.188. The van der Waals surface area contributed by atoms with Crippen molar-refractivity contribution in [2.45, 2.75) is 52.7 Å². The standard InChI is InChI=1S/C21H27N3O3S/c1-5-24-13(4)17(20(26)27-12(2)3)18(23-21(24)28)15-7-6-8-16(11-15)22-19(25)14-9-10-14/h6-8,11-12,14,18H,5,9-10H2,1-4H3,(H,22,25)(H,23,28). The number of ether oxygens (including phenoxy) is 1. The molecular weight excluding hydrogens is 374 g/mol. The van der Waals surface area contributed by atoms with Crippen LogP contribution in [-0.4, -0.2) is 34.5 Å². The van der Waals surface area contributed by atoms with Crippen LogP contribution in [0.25, 0.3) is 0 Å². The number of rotatable bonds is 6. The number of amides is 1. The average Bonchev–Trinajstić information content (AvgIpc) is 3.46. The second-order valence-electron chi connectivity index (χ2n) is 7.47. The number of nitrogens with zero attached hydrogens (tertiary/aromatic N) is 1. The van der Waals surface area contributed by atoms with E-state index in [1.807, 2.05) is 56.9 Å². The van der Waals surface area contributed by atoms with Gasteiger partial charge in [0.2, 0.25) is 5.91 Å². The largest absolute Gasteiger partial charge is 0.459 e. The van der Waals surface area contributed by atoms with Crippen molar-refractivity contribution in [2.24, 2.45) is 5.92 Å². The lowest BCUT2D eigenvalue weighted by molar-refractivity contribution is -0.143. The van der Waals surface area contributed by atoms with Gasteiger partial charge in [-0.2, -0.15) is 0 Å². The summed E-state index contributed by atoms with van der Waals surface area (Å²) in [5.41, 5.74) is 2.89. The van der Waals surface area contributed by atoms with E-state index in [0.717, 1.165) is 24.1 Å². The van der Waals surface area contributed by atoms with Crippen LogP contribution < -0.4 is 10.6 Å².